The summed E-state index contributed by atoms with van der Waals surface area (Å²) in [6.45, 7) is 0.842. The Morgan fingerprint density at radius 1 is 1.26 bits per heavy atom. The first-order chi connectivity index (χ1) is 12.5. The second kappa shape index (κ2) is 9.26. The van der Waals surface area contributed by atoms with Crippen LogP contribution in [0.4, 0.5) is 18.0 Å². The number of carbonyl (C=O) groups is 4. The van der Waals surface area contributed by atoms with Gasteiger partial charge in [-0.2, -0.15) is 13.2 Å². The van der Waals surface area contributed by atoms with E-state index in [0.717, 1.165) is 7.11 Å². The van der Waals surface area contributed by atoms with Gasteiger partial charge in [-0.05, 0) is 36.9 Å². The van der Waals surface area contributed by atoms with Crippen LogP contribution in [0.3, 0.4) is 0 Å². The number of nitrogens with one attached hydrogen (secondary N) is 1. The van der Waals surface area contributed by atoms with Gasteiger partial charge in [0.15, 0.2) is 0 Å². The maximum atomic E-state index is 12.7. The molecule has 148 valence electrons. The standard InChI is InChI=1S/C15H14F3NO7S/c1-7(12(21)19-6-11(20)25-2)27-14(24)26-10-5-8(15(16,17)18)3-4-9(10)13(22)23/h3-5,7H,6H2,1-2H3,(H,19,21)(H,22,23). The number of benzene rings is 1. The number of esters is 1. The molecule has 1 atom stereocenters. The van der Waals surface area contributed by atoms with Crippen molar-refractivity contribution in [3.05, 3.63) is 29.3 Å². The third-order valence-electron chi connectivity index (χ3n) is 3.01. The summed E-state index contributed by atoms with van der Waals surface area (Å²) in [6, 6.07) is 1.58. The van der Waals surface area contributed by atoms with E-state index >= 15 is 0 Å². The largest absolute Gasteiger partial charge is 0.478 e. The Bertz CT molecular complexity index is 751. The molecular weight excluding hydrogens is 395 g/mol. The summed E-state index contributed by atoms with van der Waals surface area (Å²) < 4.78 is 47.2. The van der Waals surface area contributed by atoms with E-state index in [2.05, 4.69) is 14.8 Å². The lowest BCUT2D eigenvalue weighted by Gasteiger charge is -2.13. The van der Waals surface area contributed by atoms with Crippen LogP contribution in [0.5, 0.6) is 5.75 Å². The molecule has 0 heterocycles. The van der Waals surface area contributed by atoms with Crippen LogP contribution in [0.1, 0.15) is 22.8 Å². The van der Waals surface area contributed by atoms with E-state index in [1.807, 2.05) is 0 Å². The first kappa shape index (κ1) is 22.3. The summed E-state index contributed by atoms with van der Waals surface area (Å²) in [5.41, 5.74) is -1.86. The summed E-state index contributed by atoms with van der Waals surface area (Å²) in [6.07, 6.45) is -4.77. The molecule has 27 heavy (non-hydrogen) atoms. The lowest BCUT2D eigenvalue weighted by molar-refractivity contribution is -0.141. The molecule has 1 aromatic carbocycles. The molecule has 0 radical (unpaired) electrons. The summed E-state index contributed by atoms with van der Waals surface area (Å²) in [4.78, 5) is 45.6. The first-order valence-corrected chi connectivity index (χ1v) is 8.01. The van der Waals surface area contributed by atoms with E-state index in [9.17, 15) is 32.3 Å². The van der Waals surface area contributed by atoms with E-state index in [1.54, 1.807) is 0 Å². The van der Waals surface area contributed by atoms with Crippen LogP contribution in [0.15, 0.2) is 18.2 Å². The minimum Gasteiger partial charge on any atom is -0.478 e. The number of carboxylic acid groups (broad SMARTS) is 1. The Morgan fingerprint density at radius 3 is 2.41 bits per heavy atom. The molecule has 1 amide bonds. The van der Waals surface area contributed by atoms with Crippen molar-refractivity contribution in [2.45, 2.75) is 18.3 Å². The lowest BCUT2D eigenvalue weighted by atomic mass is 10.1. The van der Waals surface area contributed by atoms with Crippen LogP contribution in [-0.4, -0.2) is 47.2 Å². The topological polar surface area (TPSA) is 119 Å². The van der Waals surface area contributed by atoms with Crippen LogP contribution in [0.2, 0.25) is 0 Å². The van der Waals surface area contributed by atoms with E-state index < -0.39 is 58.0 Å². The van der Waals surface area contributed by atoms with Gasteiger partial charge in [-0.1, -0.05) is 0 Å². The molecule has 1 rings (SSSR count). The molecule has 0 fully saturated rings. The Kier molecular flexibility index (Phi) is 7.64. The van der Waals surface area contributed by atoms with Gasteiger partial charge >= 0.3 is 23.4 Å². The number of carbonyl (C=O) groups excluding carboxylic acids is 3. The summed E-state index contributed by atoms with van der Waals surface area (Å²) in [5.74, 6) is -3.86. The van der Waals surface area contributed by atoms with E-state index in [0.29, 0.717) is 30.0 Å². The third kappa shape index (κ3) is 6.81. The van der Waals surface area contributed by atoms with Gasteiger partial charge in [0.05, 0.1) is 17.9 Å². The molecular formula is C15H14F3NO7S. The molecule has 1 aromatic rings. The second-order valence-electron chi connectivity index (χ2n) is 4.92. The number of hydrogen-bond donors (Lipinski definition) is 2. The van der Waals surface area contributed by atoms with Gasteiger partial charge in [0.1, 0.15) is 17.9 Å². The number of amides is 1. The molecule has 0 saturated heterocycles. The Hall–Kier alpha value is -2.76. The van der Waals surface area contributed by atoms with Crippen LogP contribution >= 0.6 is 11.8 Å². The highest BCUT2D eigenvalue weighted by molar-refractivity contribution is 8.14. The Morgan fingerprint density at radius 2 is 1.89 bits per heavy atom. The maximum Gasteiger partial charge on any atom is 0.416 e. The van der Waals surface area contributed by atoms with Crippen LogP contribution in [0, 0.1) is 0 Å². The van der Waals surface area contributed by atoms with Crippen molar-refractivity contribution in [1.82, 2.24) is 5.32 Å². The first-order valence-electron chi connectivity index (χ1n) is 7.13. The zero-order valence-electron chi connectivity index (χ0n) is 14.0. The van der Waals surface area contributed by atoms with Crippen molar-refractivity contribution in [3.63, 3.8) is 0 Å². The van der Waals surface area contributed by atoms with Crippen LogP contribution in [-0.2, 0) is 20.5 Å². The predicted octanol–water partition coefficient (Wildman–Crippen LogP) is 2.31. The minimum absolute atomic E-state index is 0.296. The number of ether oxygens (including phenoxy) is 2. The van der Waals surface area contributed by atoms with E-state index in [1.165, 1.54) is 6.92 Å². The fourth-order valence-electron chi connectivity index (χ4n) is 1.65. The number of rotatable bonds is 6. The van der Waals surface area contributed by atoms with Gasteiger partial charge in [-0.3, -0.25) is 9.59 Å². The summed E-state index contributed by atoms with van der Waals surface area (Å²) in [7, 11) is 1.11. The summed E-state index contributed by atoms with van der Waals surface area (Å²) >= 11 is 0.296. The maximum absolute atomic E-state index is 12.7. The number of carboxylic acids is 1. The number of aromatic carboxylic acids is 1. The zero-order chi connectivity index (χ0) is 20.8. The van der Waals surface area contributed by atoms with Gasteiger partial charge < -0.3 is 19.9 Å². The van der Waals surface area contributed by atoms with Crippen molar-refractivity contribution >= 4 is 34.9 Å². The quantitative estimate of drug-likeness (QED) is 0.687. The molecule has 0 aliphatic carbocycles. The minimum atomic E-state index is -4.77. The molecule has 8 nitrogen and oxygen atoms in total. The Balaban J connectivity index is 2.84. The monoisotopic (exact) mass is 409 g/mol. The zero-order valence-corrected chi connectivity index (χ0v) is 14.8. The number of thioether (sulfide) groups is 1. The normalized spacial score (nSPS) is 12.0. The van der Waals surface area contributed by atoms with Crippen LogP contribution < -0.4 is 10.1 Å². The van der Waals surface area contributed by atoms with Gasteiger partial charge in [-0.25, -0.2) is 9.59 Å². The molecule has 0 aromatic heterocycles. The average Bonchev–Trinajstić information content (AvgIpc) is 2.57. The molecule has 0 spiro atoms. The smallest absolute Gasteiger partial charge is 0.416 e. The number of hydrogen-bond acceptors (Lipinski definition) is 7. The highest BCUT2D eigenvalue weighted by atomic mass is 32.2. The van der Waals surface area contributed by atoms with Crippen molar-refractivity contribution in [2.24, 2.45) is 0 Å². The summed E-state index contributed by atoms with van der Waals surface area (Å²) in [5, 5.41) is 8.91. The SMILES string of the molecule is COC(=O)CNC(=O)C(C)SC(=O)Oc1cc(C(F)(F)F)ccc1C(=O)O. The van der Waals surface area contributed by atoms with Gasteiger partial charge in [-0.15, -0.1) is 0 Å². The number of methoxy groups -OCH3 is 1. The lowest BCUT2D eigenvalue weighted by Crippen LogP contribution is -2.36. The third-order valence-corrected chi connectivity index (χ3v) is 3.85. The van der Waals surface area contributed by atoms with Crippen LogP contribution in [0.25, 0.3) is 0 Å². The molecule has 2 N–H and O–H groups in total. The van der Waals surface area contributed by atoms with Crippen molar-refractivity contribution in [2.75, 3.05) is 13.7 Å². The van der Waals surface area contributed by atoms with Crippen molar-refractivity contribution in [3.8, 4) is 5.75 Å². The highest BCUT2D eigenvalue weighted by Crippen LogP contribution is 2.33. The predicted molar refractivity (Wildman–Crippen MR) is 86.5 cm³/mol. The Labute approximate surface area is 155 Å². The molecule has 12 heteroatoms. The van der Waals surface area contributed by atoms with E-state index in [4.69, 9.17) is 5.11 Å². The van der Waals surface area contributed by atoms with Crippen molar-refractivity contribution in [1.29, 1.82) is 0 Å². The molecule has 0 aliphatic heterocycles. The fraction of sp³-hybridized carbons (Fsp3) is 0.333. The fourth-order valence-corrected chi connectivity index (χ4v) is 2.26. The molecule has 1 unspecified atom stereocenters. The highest BCUT2D eigenvalue weighted by Gasteiger charge is 2.32. The molecule has 0 aliphatic rings. The molecule has 0 bridgehead atoms. The van der Waals surface area contributed by atoms with Gasteiger partial charge in [0, 0.05) is 0 Å². The molecule has 0 saturated carbocycles. The van der Waals surface area contributed by atoms with Gasteiger partial charge in [0.25, 0.3) is 0 Å². The van der Waals surface area contributed by atoms with E-state index in [-0.39, 0.29) is 0 Å². The van der Waals surface area contributed by atoms with Crippen molar-refractivity contribution < 1.29 is 46.9 Å². The second-order valence-corrected chi connectivity index (χ2v) is 6.20. The van der Waals surface area contributed by atoms with Gasteiger partial charge in [0.2, 0.25) is 5.91 Å². The number of halogens is 3. The number of alkyl halides is 3. The average molecular weight is 409 g/mol.